The van der Waals surface area contributed by atoms with Gasteiger partial charge in [0.1, 0.15) is 5.69 Å². The second kappa shape index (κ2) is 7.44. The molecule has 0 fully saturated rings. The minimum absolute atomic E-state index is 0.0906. The van der Waals surface area contributed by atoms with Gasteiger partial charge in [-0.25, -0.2) is 4.98 Å². The highest BCUT2D eigenvalue weighted by molar-refractivity contribution is 7.98. The molecule has 0 saturated heterocycles. The number of anilines is 1. The molecule has 0 saturated carbocycles. The number of nitrogens with zero attached hydrogens (tertiary/aromatic N) is 2. The van der Waals surface area contributed by atoms with Gasteiger partial charge in [0.2, 0.25) is 0 Å². The van der Waals surface area contributed by atoms with Crippen molar-refractivity contribution in [3.05, 3.63) is 27.8 Å². The minimum atomic E-state index is -0.349. The fourth-order valence-electron chi connectivity index (χ4n) is 2.02. The molecule has 0 aliphatic heterocycles. The lowest BCUT2D eigenvalue weighted by atomic mass is 10.2. The van der Waals surface area contributed by atoms with Crippen molar-refractivity contribution < 1.29 is 4.92 Å². The summed E-state index contributed by atoms with van der Waals surface area (Å²) >= 11 is 3.27. The summed E-state index contributed by atoms with van der Waals surface area (Å²) in [6.07, 6.45) is 5.45. The Labute approximate surface area is 125 Å². The van der Waals surface area contributed by atoms with Gasteiger partial charge in [0, 0.05) is 6.54 Å². The number of benzene rings is 1. The Hall–Kier alpha value is -1.34. The molecular formula is C13H17N3O2S2. The van der Waals surface area contributed by atoms with Crippen LogP contribution in [0.15, 0.2) is 17.6 Å². The summed E-state index contributed by atoms with van der Waals surface area (Å²) < 4.78 is 0.849. The number of rotatable bonds is 8. The zero-order valence-corrected chi connectivity index (χ0v) is 12.9. The van der Waals surface area contributed by atoms with E-state index in [2.05, 4.69) is 16.6 Å². The van der Waals surface area contributed by atoms with Gasteiger partial charge in [-0.3, -0.25) is 10.1 Å². The van der Waals surface area contributed by atoms with Gasteiger partial charge in [0.15, 0.2) is 5.52 Å². The Morgan fingerprint density at radius 3 is 3.00 bits per heavy atom. The molecule has 20 heavy (non-hydrogen) atoms. The van der Waals surface area contributed by atoms with Gasteiger partial charge in [-0.05, 0) is 37.0 Å². The van der Waals surface area contributed by atoms with Crippen LogP contribution >= 0.6 is 23.1 Å². The maximum absolute atomic E-state index is 11.2. The summed E-state index contributed by atoms with van der Waals surface area (Å²) in [6, 6.07) is 3.66. The molecule has 1 N–H and O–H groups in total. The number of unbranched alkanes of at least 4 members (excludes halogenated alkanes) is 2. The molecule has 1 heterocycles. The van der Waals surface area contributed by atoms with E-state index in [-0.39, 0.29) is 10.6 Å². The van der Waals surface area contributed by atoms with Crippen LogP contribution in [-0.4, -0.2) is 28.5 Å². The van der Waals surface area contributed by atoms with Crippen molar-refractivity contribution in [2.24, 2.45) is 0 Å². The van der Waals surface area contributed by atoms with E-state index in [1.165, 1.54) is 23.5 Å². The molecule has 1 aromatic carbocycles. The van der Waals surface area contributed by atoms with E-state index in [1.54, 1.807) is 11.6 Å². The molecular weight excluding hydrogens is 294 g/mol. The van der Waals surface area contributed by atoms with Gasteiger partial charge in [0.05, 0.1) is 15.1 Å². The van der Waals surface area contributed by atoms with Gasteiger partial charge < -0.3 is 5.32 Å². The van der Waals surface area contributed by atoms with Crippen molar-refractivity contribution in [3.8, 4) is 0 Å². The van der Waals surface area contributed by atoms with E-state index >= 15 is 0 Å². The Bertz CT molecular complexity index is 586. The maximum atomic E-state index is 11.2. The summed E-state index contributed by atoms with van der Waals surface area (Å²) in [4.78, 5) is 15.0. The molecule has 0 unspecified atom stereocenters. The van der Waals surface area contributed by atoms with Crippen molar-refractivity contribution in [2.45, 2.75) is 19.3 Å². The molecule has 5 nitrogen and oxygen atoms in total. The molecule has 0 aliphatic carbocycles. The predicted octanol–water partition coefficient (Wildman–Crippen LogP) is 4.15. The van der Waals surface area contributed by atoms with Crippen molar-refractivity contribution in [1.29, 1.82) is 0 Å². The largest absolute Gasteiger partial charge is 0.379 e. The topological polar surface area (TPSA) is 68.1 Å². The van der Waals surface area contributed by atoms with E-state index in [1.807, 2.05) is 17.8 Å². The molecule has 0 aliphatic rings. The molecule has 2 rings (SSSR count). The highest BCUT2D eigenvalue weighted by Gasteiger charge is 2.20. The van der Waals surface area contributed by atoms with Gasteiger partial charge in [-0.2, -0.15) is 11.8 Å². The summed E-state index contributed by atoms with van der Waals surface area (Å²) in [5, 5.41) is 14.4. The third-order valence-electron chi connectivity index (χ3n) is 3.00. The van der Waals surface area contributed by atoms with Crippen LogP contribution in [0.4, 0.5) is 11.4 Å². The summed E-state index contributed by atoms with van der Waals surface area (Å²) in [5.74, 6) is 1.17. The maximum Gasteiger partial charge on any atom is 0.319 e. The quantitative estimate of drug-likeness (QED) is 0.450. The Morgan fingerprint density at radius 1 is 1.40 bits per heavy atom. The summed E-state index contributed by atoms with van der Waals surface area (Å²) in [7, 11) is 0. The minimum Gasteiger partial charge on any atom is -0.379 e. The Kier molecular flexibility index (Phi) is 5.60. The SMILES string of the molecule is CSCCCCCNc1ccc2scnc2c1[N+](=O)[O-]. The number of nitro groups is 1. The van der Waals surface area contributed by atoms with Crippen LogP contribution in [0.2, 0.25) is 0 Å². The molecule has 108 valence electrons. The highest BCUT2D eigenvalue weighted by atomic mass is 32.2. The van der Waals surface area contributed by atoms with E-state index in [0.717, 1.165) is 24.1 Å². The first-order valence-electron chi connectivity index (χ1n) is 6.47. The fourth-order valence-corrected chi connectivity index (χ4v) is 3.19. The van der Waals surface area contributed by atoms with Crippen LogP contribution in [0.3, 0.4) is 0 Å². The standard InChI is InChI=1S/C13H17N3O2S2/c1-19-8-4-2-3-7-14-10-5-6-11-12(15-9-20-11)13(10)16(17)18/h5-6,9,14H,2-4,7-8H2,1H3. The average Bonchev–Trinajstić information content (AvgIpc) is 2.90. The highest BCUT2D eigenvalue weighted by Crippen LogP contribution is 2.34. The monoisotopic (exact) mass is 311 g/mol. The van der Waals surface area contributed by atoms with Crippen LogP contribution in [-0.2, 0) is 0 Å². The molecule has 0 atom stereocenters. The first kappa shape index (κ1) is 15.1. The number of hydrogen-bond donors (Lipinski definition) is 1. The molecule has 7 heteroatoms. The van der Waals surface area contributed by atoms with E-state index in [4.69, 9.17) is 0 Å². The third kappa shape index (κ3) is 3.61. The van der Waals surface area contributed by atoms with Gasteiger partial charge in [0.25, 0.3) is 0 Å². The zero-order valence-electron chi connectivity index (χ0n) is 11.3. The van der Waals surface area contributed by atoms with Crippen molar-refractivity contribution in [1.82, 2.24) is 4.98 Å². The normalized spacial score (nSPS) is 10.8. The smallest absolute Gasteiger partial charge is 0.319 e. The Morgan fingerprint density at radius 2 is 2.25 bits per heavy atom. The van der Waals surface area contributed by atoms with Gasteiger partial charge in [-0.1, -0.05) is 6.42 Å². The third-order valence-corrected chi connectivity index (χ3v) is 4.49. The first-order chi connectivity index (χ1) is 9.74. The average molecular weight is 311 g/mol. The number of nitro benzene ring substituents is 1. The lowest BCUT2D eigenvalue weighted by Crippen LogP contribution is -2.04. The van der Waals surface area contributed by atoms with Crippen LogP contribution in [0, 0.1) is 10.1 Å². The summed E-state index contributed by atoms with van der Waals surface area (Å²) in [6.45, 7) is 0.755. The van der Waals surface area contributed by atoms with Crippen LogP contribution < -0.4 is 5.32 Å². The van der Waals surface area contributed by atoms with Crippen LogP contribution in [0.25, 0.3) is 10.2 Å². The van der Waals surface area contributed by atoms with Crippen molar-refractivity contribution in [2.75, 3.05) is 23.9 Å². The zero-order chi connectivity index (χ0) is 14.4. The lowest BCUT2D eigenvalue weighted by Gasteiger charge is -2.07. The Balaban J connectivity index is 2.02. The summed E-state index contributed by atoms with van der Waals surface area (Å²) in [5.41, 5.74) is 2.78. The van der Waals surface area contributed by atoms with Gasteiger partial charge in [-0.15, -0.1) is 11.3 Å². The predicted molar refractivity (Wildman–Crippen MR) is 87.0 cm³/mol. The molecule has 0 radical (unpaired) electrons. The van der Waals surface area contributed by atoms with E-state index < -0.39 is 0 Å². The lowest BCUT2D eigenvalue weighted by molar-refractivity contribution is -0.382. The number of aromatic nitrogens is 1. The van der Waals surface area contributed by atoms with Gasteiger partial charge >= 0.3 is 5.69 Å². The number of thioether (sulfide) groups is 1. The van der Waals surface area contributed by atoms with Crippen molar-refractivity contribution in [3.63, 3.8) is 0 Å². The molecule has 0 spiro atoms. The fraction of sp³-hybridized carbons (Fsp3) is 0.462. The van der Waals surface area contributed by atoms with E-state index in [9.17, 15) is 10.1 Å². The van der Waals surface area contributed by atoms with Crippen LogP contribution in [0.5, 0.6) is 0 Å². The molecule has 0 bridgehead atoms. The number of hydrogen-bond acceptors (Lipinski definition) is 6. The molecule has 2 aromatic rings. The number of fused-ring (bicyclic) bond motifs is 1. The molecule has 1 aromatic heterocycles. The van der Waals surface area contributed by atoms with Crippen LogP contribution in [0.1, 0.15) is 19.3 Å². The number of nitrogens with one attached hydrogen (secondary N) is 1. The number of thiazole rings is 1. The first-order valence-corrected chi connectivity index (χ1v) is 8.75. The van der Waals surface area contributed by atoms with E-state index in [0.29, 0.717) is 11.2 Å². The second-order valence-corrected chi connectivity index (χ2v) is 6.27. The second-order valence-electron chi connectivity index (χ2n) is 4.40. The van der Waals surface area contributed by atoms with Crippen molar-refractivity contribution >= 4 is 44.7 Å². The molecule has 0 amide bonds.